The van der Waals surface area contributed by atoms with Crippen molar-refractivity contribution in [3.8, 4) is 0 Å². The van der Waals surface area contributed by atoms with Gasteiger partial charge in [-0.2, -0.15) is 0 Å². The maximum atomic E-state index is 12.0. The number of hydrogen-bond acceptors (Lipinski definition) is 6. The highest BCUT2D eigenvalue weighted by molar-refractivity contribution is 5.92. The van der Waals surface area contributed by atoms with E-state index in [0.29, 0.717) is 24.0 Å². The largest absolute Gasteiger partial charge is 0.367 e. The van der Waals surface area contributed by atoms with Crippen LogP contribution in [0.3, 0.4) is 0 Å². The number of aryl methyl sites for hydroxylation is 1. The van der Waals surface area contributed by atoms with Crippen molar-refractivity contribution in [3.63, 3.8) is 0 Å². The summed E-state index contributed by atoms with van der Waals surface area (Å²) >= 11 is 0. The molecule has 3 N–H and O–H groups in total. The van der Waals surface area contributed by atoms with Crippen LogP contribution >= 0.6 is 0 Å². The number of piperidine rings is 1. The zero-order valence-electron chi connectivity index (χ0n) is 13.1. The zero-order chi connectivity index (χ0) is 16.1. The Labute approximate surface area is 142 Å². The van der Waals surface area contributed by atoms with Gasteiger partial charge in [0.15, 0.2) is 5.69 Å². The van der Waals surface area contributed by atoms with Crippen LogP contribution in [0.4, 0.5) is 5.82 Å². The molecular formula is C17H25N5O2. The fourth-order valence-corrected chi connectivity index (χ4v) is 2.61. The normalized spacial score (nSPS) is 14.7. The van der Waals surface area contributed by atoms with Gasteiger partial charge < -0.3 is 20.5 Å². The molecule has 1 saturated heterocycles. The predicted octanol–water partition coefficient (Wildman–Crippen LogP) is 2.11. The summed E-state index contributed by atoms with van der Waals surface area (Å²) in [6.07, 6.45) is 3.90. The van der Waals surface area contributed by atoms with Crippen LogP contribution in [0.15, 0.2) is 28.9 Å². The van der Waals surface area contributed by atoms with Gasteiger partial charge in [0.25, 0.3) is 5.91 Å². The minimum atomic E-state index is -0.251. The zero-order valence-corrected chi connectivity index (χ0v) is 13.1. The molecule has 0 atom stereocenters. The van der Waals surface area contributed by atoms with Gasteiger partial charge in [0, 0.05) is 30.4 Å². The molecule has 1 aliphatic rings. The van der Waals surface area contributed by atoms with E-state index in [1.54, 1.807) is 19.2 Å². The molecule has 2 aromatic rings. The van der Waals surface area contributed by atoms with Crippen LogP contribution in [-0.2, 0) is 6.54 Å². The molecule has 0 bridgehead atoms. The first kappa shape index (κ1) is 17.9. The number of rotatable bonds is 5. The molecule has 1 fully saturated rings. The van der Waals surface area contributed by atoms with Crippen molar-refractivity contribution in [1.29, 1.82) is 0 Å². The molecule has 130 valence electrons. The first-order valence-electron chi connectivity index (χ1n) is 7.85. The summed E-state index contributed by atoms with van der Waals surface area (Å²) < 4.78 is 4.92. The molecule has 0 unspecified atom stereocenters. The van der Waals surface area contributed by atoms with Gasteiger partial charge in [-0.15, -0.1) is 0 Å². The van der Waals surface area contributed by atoms with Gasteiger partial charge in [-0.3, -0.25) is 4.79 Å². The number of aromatic nitrogens is 2. The molecule has 0 aliphatic carbocycles. The van der Waals surface area contributed by atoms with Crippen molar-refractivity contribution in [1.82, 2.24) is 20.8 Å². The molecule has 3 rings (SSSR count). The summed E-state index contributed by atoms with van der Waals surface area (Å²) in [6.45, 7) is 4.18. The van der Waals surface area contributed by atoms with Crippen LogP contribution in [0.25, 0.3) is 0 Å². The molecule has 1 aliphatic heterocycles. The highest BCUT2D eigenvalue weighted by Gasteiger charge is 2.16. The second-order valence-corrected chi connectivity index (χ2v) is 5.69. The van der Waals surface area contributed by atoms with Gasteiger partial charge >= 0.3 is 0 Å². The lowest BCUT2D eigenvalue weighted by atomic mass is 10.1. The van der Waals surface area contributed by atoms with Gasteiger partial charge in [-0.25, -0.2) is 4.98 Å². The second kappa shape index (κ2) is 8.44. The highest BCUT2D eigenvalue weighted by atomic mass is 16.5. The molecule has 0 aromatic carbocycles. The first-order chi connectivity index (χ1) is 11.2. The molecular weight excluding hydrogens is 306 g/mol. The van der Waals surface area contributed by atoms with Crippen molar-refractivity contribution >= 4 is 11.7 Å². The molecule has 0 saturated carbocycles. The van der Waals surface area contributed by atoms with Crippen LogP contribution in [0.2, 0.25) is 0 Å². The quantitative estimate of drug-likeness (QED) is 0.777. The minimum absolute atomic E-state index is 0. The Balaban J connectivity index is 0.00000208. The Morgan fingerprint density at radius 3 is 2.92 bits per heavy atom. The van der Waals surface area contributed by atoms with Crippen LogP contribution in [0.1, 0.15) is 42.1 Å². The Bertz CT molecular complexity index is 665. The standard InChI is InChI=1S/C16H21N5O2.CH4/c1-11-9-14(21-23-11)16(22)19-10-12-3-2-6-18-15(12)20-13-4-7-17-8-5-13;/h2-3,6,9,13,17H,4-5,7-8,10H2,1H3,(H,18,20)(H,19,22);1H4. The molecule has 2 aromatic heterocycles. The third-order valence-electron chi connectivity index (χ3n) is 3.87. The molecule has 7 nitrogen and oxygen atoms in total. The molecule has 1 amide bonds. The summed E-state index contributed by atoms with van der Waals surface area (Å²) in [7, 11) is 0. The fraction of sp³-hybridized carbons (Fsp3) is 0.471. The Morgan fingerprint density at radius 1 is 1.42 bits per heavy atom. The van der Waals surface area contributed by atoms with Gasteiger partial charge in [0.2, 0.25) is 0 Å². The molecule has 0 radical (unpaired) electrons. The Kier molecular flexibility index (Phi) is 6.31. The number of nitrogens with one attached hydrogen (secondary N) is 3. The number of anilines is 1. The number of hydrogen-bond donors (Lipinski definition) is 3. The topological polar surface area (TPSA) is 92.1 Å². The lowest BCUT2D eigenvalue weighted by Crippen LogP contribution is -2.36. The van der Waals surface area contributed by atoms with Gasteiger partial charge in [0.05, 0.1) is 0 Å². The summed E-state index contributed by atoms with van der Waals surface area (Å²) in [6, 6.07) is 5.87. The lowest BCUT2D eigenvalue weighted by Gasteiger charge is -2.25. The van der Waals surface area contributed by atoms with Crippen molar-refractivity contribution in [3.05, 3.63) is 41.4 Å². The van der Waals surface area contributed by atoms with E-state index >= 15 is 0 Å². The fourth-order valence-electron chi connectivity index (χ4n) is 2.61. The van der Waals surface area contributed by atoms with Gasteiger partial charge in [-0.1, -0.05) is 18.6 Å². The van der Waals surface area contributed by atoms with Crippen molar-refractivity contribution in [2.75, 3.05) is 18.4 Å². The lowest BCUT2D eigenvalue weighted by molar-refractivity contribution is 0.0942. The van der Waals surface area contributed by atoms with Crippen LogP contribution in [0.5, 0.6) is 0 Å². The maximum absolute atomic E-state index is 12.0. The van der Waals surface area contributed by atoms with E-state index in [0.717, 1.165) is 37.3 Å². The monoisotopic (exact) mass is 331 g/mol. The van der Waals surface area contributed by atoms with Crippen molar-refractivity contribution in [2.24, 2.45) is 0 Å². The van der Waals surface area contributed by atoms with E-state index < -0.39 is 0 Å². The summed E-state index contributed by atoms with van der Waals surface area (Å²) in [4.78, 5) is 16.5. The molecule has 0 spiro atoms. The van der Waals surface area contributed by atoms with Crippen LogP contribution < -0.4 is 16.0 Å². The SMILES string of the molecule is C.Cc1cc(C(=O)NCc2cccnc2NC2CCNCC2)no1. The molecule has 7 heteroatoms. The van der Waals surface area contributed by atoms with E-state index in [2.05, 4.69) is 26.1 Å². The summed E-state index contributed by atoms with van der Waals surface area (Å²) in [5, 5.41) is 13.4. The van der Waals surface area contributed by atoms with E-state index in [4.69, 9.17) is 4.52 Å². The molecule has 24 heavy (non-hydrogen) atoms. The predicted molar refractivity (Wildman–Crippen MR) is 92.9 cm³/mol. The molecule has 3 heterocycles. The van der Waals surface area contributed by atoms with Crippen LogP contribution in [-0.4, -0.2) is 35.2 Å². The highest BCUT2D eigenvalue weighted by Crippen LogP contribution is 2.16. The van der Waals surface area contributed by atoms with Crippen molar-refractivity contribution < 1.29 is 9.32 Å². The van der Waals surface area contributed by atoms with E-state index in [-0.39, 0.29) is 13.3 Å². The number of nitrogens with zero attached hydrogens (tertiary/aromatic N) is 2. The maximum Gasteiger partial charge on any atom is 0.273 e. The minimum Gasteiger partial charge on any atom is -0.367 e. The Morgan fingerprint density at radius 2 is 2.21 bits per heavy atom. The van der Waals surface area contributed by atoms with Gasteiger partial charge in [-0.05, 0) is 38.9 Å². The second-order valence-electron chi connectivity index (χ2n) is 5.69. The van der Waals surface area contributed by atoms with Crippen LogP contribution in [0, 0.1) is 6.92 Å². The number of carbonyl (C=O) groups is 1. The van der Waals surface area contributed by atoms with Crippen molar-refractivity contribution in [2.45, 2.75) is 39.8 Å². The van der Waals surface area contributed by atoms with E-state index in [1.807, 2.05) is 12.1 Å². The average molecular weight is 331 g/mol. The first-order valence-corrected chi connectivity index (χ1v) is 7.85. The third kappa shape index (κ3) is 4.55. The summed E-state index contributed by atoms with van der Waals surface area (Å²) in [5.41, 5.74) is 1.25. The van der Waals surface area contributed by atoms with E-state index in [1.165, 1.54) is 0 Å². The van der Waals surface area contributed by atoms with E-state index in [9.17, 15) is 4.79 Å². The summed E-state index contributed by atoms with van der Waals surface area (Å²) in [5.74, 6) is 1.19. The van der Waals surface area contributed by atoms with Gasteiger partial charge in [0.1, 0.15) is 11.6 Å². The Hall–Kier alpha value is -2.41. The smallest absolute Gasteiger partial charge is 0.273 e. The third-order valence-corrected chi connectivity index (χ3v) is 3.87. The number of pyridine rings is 1. The number of carbonyl (C=O) groups excluding carboxylic acids is 1. The number of amides is 1. The average Bonchev–Trinajstić information content (AvgIpc) is 3.01.